The van der Waals surface area contributed by atoms with Gasteiger partial charge in [0.05, 0.1) is 19.3 Å². The topological polar surface area (TPSA) is 49.3 Å². The number of ether oxygens (including phenoxy) is 2. The van der Waals surface area contributed by atoms with E-state index in [1.54, 1.807) is 0 Å². The van der Waals surface area contributed by atoms with Crippen LogP contribution in [0.2, 0.25) is 0 Å². The van der Waals surface area contributed by atoms with Crippen molar-refractivity contribution in [2.24, 2.45) is 4.99 Å². The Morgan fingerprint density at radius 3 is 2.79 bits per heavy atom. The van der Waals surface area contributed by atoms with Crippen molar-refractivity contribution in [2.75, 3.05) is 59.1 Å². The molecule has 0 bridgehead atoms. The van der Waals surface area contributed by atoms with Gasteiger partial charge in [0.25, 0.3) is 0 Å². The lowest BCUT2D eigenvalue weighted by Gasteiger charge is -2.32. The number of nitrogens with one attached hydrogen (secondary N) is 1. The zero-order valence-electron chi connectivity index (χ0n) is 17.5. The van der Waals surface area contributed by atoms with Crippen LogP contribution in [0.1, 0.15) is 38.4 Å². The standard InChI is InChI=1S/C22H36N4O2/c1-3-23-22(26-12-10-21(18-26)25-13-16-27-17-14-25)24-11-7-15-28-19(2)20-8-5-4-6-9-20/h4-6,8-9,19,21H,3,7,10-18H2,1-2H3,(H,23,24). The predicted octanol–water partition coefficient (Wildman–Crippen LogP) is 2.53. The molecule has 3 rings (SSSR count). The number of guanidine groups is 1. The second kappa shape index (κ2) is 11.4. The van der Waals surface area contributed by atoms with Crippen molar-refractivity contribution in [1.82, 2.24) is 15.1 Å². The molecular formula is C22H36N4O2. The van der Waals surface area contributed by atoms with Crippen molar-refractivity contribution in [2.45, 2.75) is 38.8 Å². The molecule has 2 saturated heterocycles. The van der Waals surface area contributed by atoms with Gasteiger partial charge in [-0.25, -0.2) is 0 Å². The summed E-state index contributed by atoms with van der Waals surface area (Å²) in [5.41, 5.74) is 1.23. The first-order valence-corrected chi connectivity index (χ1v) is 10.8. The monoisotopic (exact) mass is 388 g/mol. The molecule has 6 heteroatoms. The molecule has 1 aromatic rings. The van der Waals surface area contributed by atoms with Gasteiger partial charge in [-0.3, -0.25) is 9.89 Å². The molecule has 2 atom stereocenters. The van der Waals surface area contributed by atoms with Crippen molar-refractivity contribution in [1.29, 1.82) is 0 Å². The number of morpholine rings is 1. The molecule has 6 nitrogen and oxygen atoms in total. The molecule has 28 heavy (non-hydrogen) atoms. The van der Waals surface area contributed by atoms with E-state index in [-0.39, 0.29) is 6.10 Å². The maximum absolute atomic E-state index is 5.97. The number of hydrogen-bond acceptors (Lipinski definition) is 4. The molecule has 2 aliphatic rings. The smallest absolute Gasteiger partial charge is 0.193 e. The largest absolute Gasteiger partial charge is 0.379 e. The lowest BCUT2D eigenvalue weighted by Crippen LogP contribution is -2.46. The molecule has 2 heterocycles. The Morgan fingerprint density at radius 1 is 1.25 bits per heavy atom. The van der Waals surface area contributed by atoms with E-state index in [4.69, 9.17) is 14.5 Å². The molecule has 2 fully saturated rings. The summed E-state index contributed by atoms with van der Waals surface area (Å²) < 4.78 is 11.5. The molecule has 0 saturated carbocycles. The molecule has 0 aromatic heterocycles. The molecule has 1 aromatic carbocycles. The highest BCUT2D eigenvalue weighted by Crippen LogP contribution is 2.18. The number of likely N-dealkylation sites (tertiary alicyclic amines) is 1. The lowest BCUT2D eigenvalue weighted by atomic mass is 10.1. The summed E-state index contributed by atoms with van der Waals surface area (Å²) in [6, 6.07) is 11.0. The molecule has 1 N–H and O–H groups in total. The molecule has 0 amide bonds. The Labute approximate surface area is 169 Å². The van der Waals surface area contributed by atoms with Crippen LogP contribution in [0.4, 0.5) is 0 Å². The summed E-state index contributed by atoms with van der Waals surface area (Å²) >= 11 is 0. The van der Waals surface area contributed by atoms with Crippen LogP contribution in [0.15, 0.2) is 35.3 Å². The van der Waals surface area contributed by atoms with Crippen LogP contribution in [0, 0.1) is 0 Å². The fraction of sp³-hybridized carbons (Fsp3) is 0.682. The van der Waals surface area contributed by atoms with Gasteiger partial charge in [-0.05, 0) is 32.3 Å². The van der Waals surface area contributed by atoms with Crippen LogP contribution in [0.25, 0.3) is 0 Å². The van der Waals surface area contributed by atoms with Crippen LogP contribution < -0.4 is 5.32 Å². The fourth-order valence-corrected chi connectivity index (χ4v) is 3.93. The first-order valence-electron chi connectivity index (χ1n) is 10.8. The van der Waals surface area contributed by atoms with Gasteiger partial charge in [-0.1, -0.05) is 30.3 Å². The van der Waals surface area contributed by atoms with Crippen molar-refractivity contribution < 1.29 is 9.47 Å². The molecule has 2 unspecified atom stereocenters. The summed E-state index contributed by atoms with van der Waals surface area (Å²) in [5, 5.41) is 3.47. The molecule has 2 aliphatic heterocycles. The van der Waals surface area contributed by atoms with Crippen LogP contribution in [0.5, 0.6) is 0 Å². The Balaban J connectivity index is 1.41. The normalized spacial score (nSPS) is 22.4. The number of aliphatic imine (C=N–C) groups is 1. The highest BCUT2D eigenvalue weighted by Gasteiger charge is 2.30. The van der Waals surface area contributed by atoms with E-state index < -0.39 is 0 Å². The molecular weight excluding hydrogens is 352 g/mol. The van der Waals surface area contributed by atoms with Crippen LogP contribution >= 0.6 is 0 Å². The third-order valence-corrected chi connectivity index (χ3v) is 5.56. The Bertz CT molecular complexity index is 589. The van der Waals surface area contributed by atoms with E-state index in [1.165, 1.54) is 12.0 Å². The van der Waals surface area contributed by atoms with E-state index in [2.05, 4.69) is 53.2 Å². The van der Waals surface area contributed by atoms with Gasteiger partial charge in [0.2, 0.25) is 0 Å². The van der Waals surface area contributed by atoms with Gasteiger partial charge in [0, 0.05) is 51.9 Å². The quantitative estimate of drug-likeness (QED) is 0.421. The number of rotatable bonds is 8. The maximum atomic E-state index is 5.97. The average Bonchev–Trinajstić information content (AvgIpc) is 3.24. The van der Waals surface area contributed by atoms with Gasteiger partial charge in [-0.15, -0.1) is 0 Å². The number of nitrogens with zero attached hydrogens (tertiary/aromatic N) is 3. The van der Waals surface area contributed by atoms with Crippen LogP contribution in [0.3, 0.4) is 0 Å². The highest BCUT2D eigenvalue weighted by atomic mass is 16.5. The second-order valence-corrected chi connectivity index (χ2v) is 7.55. The number of hydrogen-bond donors (Lipinski definition) is 1. The van der Waals surface area contributed by atoms with Gasteiger partial charge in [-0.2, -0.15) is 0 Å². The lowest BCUT2D eigenvalue weighted by molar-refractivity contribution is 0.0195. The van der Waals surface area contributed by atoms with Crippen LogP contribution in [-0.4, -0.2) is 80.9 Å². The van der Waals surface area contributed by atoms with Crippen molar-refractivity contribution in [3.8, 4) is 0 Å². The average molecular weight is 389 g/mol. The van der Waals surface area contributed by atoms with Gasteiger partial charge in [0.15, 0.2) is 5.96 Å². The minimum absolute atomic E-state index is 0.131. The first-order chi connectivity index (χ1) is 13.8. The highest BCUT2D eigenvalue weighted by molar-refractivity contribution is 5.80. The Morgan fingerprint density at radius 2 is 2.04 bits per heavy atom. The van der Waals surface area contributed by atoms with Gasteiger partial charge < -0.3 is 19.7 Å². The summed E-state index contributed by atoms with van der Waals surface area (Å²) in [6.45, 7) is 12.7. The summed E-state index contributed by atoms with van der Waals surface area (Å²) in [6.07, 6.45) is 2.28. The third-order valence-electron chi connectivity index (χ3n) is 5.56. The predicted molar refractivity (Wildman–Crippen MR) is 114 cm³/mol. The zero-order valence-corrected chi connectivity index (χ0v) is 17.5. The van der Waals surface area contributed by atoms with Crippen molar-refractivity contribution in [3.05, 3.63) is 35.9 Å². The van der Waals surface area contributed by atoms with E-state index in [0.717, 1.165) is 71.5 Å². The summed E-state index contributed by atoms with van der Waals surface area (Å²) in [4.78, 5) is 9.84. The Kier molecular flexibility index (Phi) is 8.58. The van der Waals surface area contributed by atoms with E-state index in [1.807, 2.05) is 6.07 Å². The van der Waals surface area contributed by atoms with Crippen molar-refractivity contribution >= 4 is 5.96 Å². The second-order valence-electron chi connectivity index (χ2n) is 7.55. The molecule has 0 spiro atoms. The maximum Gasteiger partial charge on any atom is 0.193 e. The first kappa shape index (κ1) is 21.1. The molecule has 156 valence electrons. The van der Waals surface area contributed by atoms with Gasteiger partial charge in [0.1, 0.15) is 0 Å². The van der Waals surface area contributed by atoms with E-state index >= 15 is 0 Å². The zero-order chi connectivity index (χ0) is 19.6. The SMILES string of the molecule is CCNC(=NCCCOC(C)c1ccccc1)N1CCC(N2CCOCC2)C1. The minimum atomic E-state index is 0.131. The summed E-state index contributed by atoms with van der Waals surface area (Å²) in [7, 11) is 0. The van der Waals surface area contributed by atoms with E-state index in [0.29, 0.717) is 6.04 Å². The fourth-order valence-electron chi connectivity index (χ4n) is 3.93. The van der Waals surface area contributed by atoms with Crippen LogP contribution in [-0.2, 0) is 9.47 Å². The molecule has 0 radical (unpaired) electrons. The molecule has 0 aliphatic carbocycles. The third kappa shape index (κ3) is 6.19. The Hall–Kier alpha value is -1.63. The minimum Gasteiger partial charge on any atom is -0.379 e. The van der Waals surface area contributed by atoms with Crippen molar-refractivity contribution in [3.63, 3.8) is 0 Å². The van der Waals surface area contributed by atoms with E-state index in [9.17, 15) is 0 Å². The van der Waals surface area contributed by atoms with Gasteiger partial charge >= 0.3 is 0 Å². The summed E-state index contributed by atoms with van der Waals surface area (Å²) in [5.74, 6) is 1.05. The number of benzene rings is 1.